The predicted molar refractivity (Wildman–Crippen MR) is 12.2 cm³/mol. The Labute approximate surface area is 72.6 Å². The normalized spacial score (nSPS) is 0. The summed E-state index contributed by atoms with van der Waals surface area (Å²) in [5, 5.41) is 0. The smallest absolute Gasteiger partial charge is 2.00 e. The molecule has 0 saturated carbocycles. The molecule has 0 amide bonds. The molecule has 0 aromatic heterocycles. The van der Waals surface area contributed by atoms with Crippen molar-refractivity contribution in [3.8, 4) is 0 Å². The predicted octanol–water partition coefficient (Wildman–Crippen LogP) is -0.883. The largest absolute Gasteiger partial charge is 5.00 e. The second-order valence-corrected chi connectivity index (χ2v) is 0. The zero-order chi connectivity index (χ0) is 0. The third-order valence-electron chi connectivity index (χ3n) is 0. The summed E-state index contributed by atoms with van der Waals surface area (Å²) in [4.78, 5) is 0. The summed E-state index contributed by atoms with van der Waals surface area (Å²) < 4.78 is 0. The van der Waals surface area contributed by atoms with Gasteiger partial charge in [-0.15, -0.1) is 0 Å². The molecule has 4 heavy (non-hydrogen) atoms. The van der Waals surface area contributed by atoms with Gasteiger partial charge in [0.2, 0.25) is 0 Å². The van der Waals surface area contributed by atoms with Crippen LogP contribution in [-0.2, 0) is 27.9 Å². The van der Waals surface area contributed by atoms with Crippen LogP contribution in [-0.4, -0.2) is 45.6 Å². The van der Waals surface area contributed by atoms with E-state index in [2.05, 4.69) is 0 Å². The first kappa shape index (κ1) is 34.6. The number of rotatable bonds is 0. The minimum absolute atomic E-state index is 0. The molecule has 0 atom stereocenters. The topological polar surface area (TPSA) is 28.5 Å². The molecule has 0 heterocycles. The van der Waals surface area contributed by atoms with Crippen LogP contribution in [0.25, 0.3) is 0 Å². The van der Waals surface area contributed by atoms with Crippen LogP contribution in [0.2, 0.25) is 0 Å². The molecule has 0 spiro atoms. The number of hydrogen-bond donors (Lipinski definition) is 0. The van der Waals surface area contributed by atoms with Crippen molar-refractivity contribution in [3.05, 3.63) is 0 Å². The Bertz CT molecular complexity index is 8.00. The average Bonchev–Trinajstić information content (AvgIpc) is 0. The van der Waals surface area contributed by atoms with Crippen molar-refractivity contribution in [1.82, 2.24) is 0 Å². The summed E-state index contributed by atoms with van der Waals surface area (Å²) in [6.45, 7) is 0. The van der Waals surface area contributed by atoms with Gasteiger partial charge in [0.05, 0.1) is 0 Å². The molecule has 0 aliphatic rings. The molecule has 0 bridgehead atoms. The summed E-state index contributed by atoms with van der Waals surface area (Å²) in [6, 6.07) is 0. The van der Waals surface area contributed by atoms with E-state index in [0.717, 1.165) is 0 Å². The molecular weight excluding hydrogens is 381 g/mol. The van der Waals surface area contributed by atoms with Crippen LogP contribution in [0.5, 0.6) is 0 Å². The van der Waals surface area contributed by atoms with Gasteiger partial charge in [-0.1, -0.05) is 0 Å². The van der Waals surface area contributed by atoms with E-state index in [-0.39, 0.29) is 73.5 Å². The van der Waals surface area contributed by atoms with Crippen LogP contribution in [0.15, 0.2) is 0 Å². The van der Waals surface area contributed by atoms with Crippen molar-refractivity contribution < 1.29 is 27.9 Å². The Morgan fingerprint density at radius 2 is 1.00 bits per heavy atom. The molecule has 0 aromatic carbocycles. The minimum atomic E-state index is 0. The van der Waals surface area contributed by atoms with Crippen LogP contribution in [0, 0.1) is 0 Å². The van der Waals surface area contributed by atoms with Crippen molar-refractivity contribution in [2.75, 3.05) is 0 Å². The first-order valence-electron chi connectivity index (χ1n) is 0. The zero-order valence-corrected chi connectivity index (χ0v) is 10.9. The van der Waals surface area contributed by atoms with Crippen molar-refractivity contribution in [3.63, 3.8) is 0 Å². The van der Waals surface area contributed by atoms with Crippen LogP contribution in [0.3, 0.4) is 0 Å². The standard InChI is InChI=1S/Ga.In.O.Ta/q2*+3;-2;+5. The van der Waals surface area contributed by atoms with E-state index in [1.54, 1.807) is 0 Å². The fourth-order valence-electron chi connectivity index (χ4n) is 0. The van der Waals surface area contributed by atoms with Gasteiger partial charge in [0.25, 0.3) is 0 Å². The Kier molecular flexibility index (Phi) is 163. The molecule has 1 nitrogen and oxygen atoms in total. The van der Waals surface area contributed by atoms with Crippen LogP contribution in [0.4, 0.5) is 0 Å². The molecule has 0 radical (unpaired) electrons. The minimum Gasteiger partial charge on any atom is -2.00 e. The molecule has 8 valence electrons. The Morgan fingerprint density at radius 1 is 1.00 bits per heavy atom. The van der Waals surface area contributed by atoms with Crippen molar-refractivity contribution in [2.45, 2.75) is 0 Å². The van der Waals surface area contributed by atoms with Gasteiger partial charge in [0.15, 0.2) is 0 Å². The molecule has 0 aromatic rings. The van der Waals surface area contributed by atoms with Gasteiger partial charge in [0, 0.05) is 0 Å². The van der Waals surface area contributed by atoms with Crippen LogP contribution < -0.4 is 0 Å². The van der Waals surface area contributed by atoms with E-state index < -0.39 is 0 Å². The Morgan fingerprint density at radius 3 is 1.00 bits per heavy atom. The Balaban J connectivity index is 0. The molecule has 0 rings (SSSR count). The van der Waals surface area contributed by atoms with Crippen LogP contribution >= 0.6 is 0 Å². The summed E-state index contributed by atoms with van der Waals surface area (Å²) >= 11 is 0. The quantitative estimate of drug-likeness (QED) is 0.488. The van der Waals surface area contributed by atoms with Gasteiger partial charge in [0.1, 0.15) is 0 Å². The van der Waals surface area contributed by atoms with E-state index in [0.29, 0.717) is 0 Å². The SMILES string of the molecule is [Ga+3].[In+3].[O-2].[Ta+5]. The molecule has 0 N–H and O–H groups in total. The molecule has 0 aliphatic carbocycles. The Hall–Kier alpha value is 2.21. The molecule has 0 aliphatic heterocycles. The third kappa shape index (κ3) is 8.88. The molecular formula is GaInOTa+9. The molecule has 0 saturated heterocycles. The molecule has 4 heteroatoms. The van der Waals surface area contributed by atoms with Crippen molar-refractivity contribution >= 4 is 45.6 Å². The van der Waals surface area contributed by atoms with E-state index in [4.69, 9.17) is 0 Å². The maximum Gasteiger partial charge on any atom is 5.00 e. The van der Waals surface area contributed by atoms with Crippen molar-refractivity contribution in [2.24, 2.45) is 0 Å². The van der Waals surface area contributed by atoms with E-state index in [1.165, 1.54) is 0 Å². The second kappa shape index (κ2) is 18.9. The monoisotopic (exact) mass is 381 g/mol. The average molecular weight is 381 g/mol. The fourth-order valence-corrected chi connectivity index (χ4v) is 0. The van der Waals surface area contributed by atoms with E-state index >= 15 is 0 Å². The van der Waals surface area contributed by atoms with Gasteiger partial charge in [-0.05, 0) is 0 Å². The summed E-state index contributed by atoms with van der Waals surface area (Å²) in [7, 11) is 0. The second-order valence-electron chi connectivity index (χ2n) is 0. The van der Waals surface area contributed by atoms with Gasteiger partial charge in [-0.3, -0.25) is 0 Å². The zero-order valence-electron chi connectivity index (χ0n) is 2.01. The molecule has 0 fully saturated rings. The summed E-state index contributed by atoms with van der Waals surface area (Å²) in [5.74, 6) is 0. The fraction of sp³-hybridized carbons (Fsp3) is 0. The number of hydrogen-bond acceptors (Lipinski definition) is 0. The van der Waals surface area contributed by atoms with Gasteiger partial charge in [-0.25, -0.2) is 0 Å². The first-order chi connectivity index (χ1) is 0. The van der Waals surface area contributed by atoms with E-state index in [1.807, 2.05) is 0 Å². The maximum atomic E-state index is 0. The summed E-state index contributed by atoms with van der Waals surface area (Å²) in [6.07, 6.45) is 0. The van der Waals surface area contributed by atoms with Gasteiger partial charge < -0.3 is 5.48 Å². The van der Waals surface area contributed by atoms with Gasteiger partial charge >= 0.3 is 68.0 Å². The summed E-state index contributed by atoms with van der Waals surface area (Å²) in [5.41, 5.74) is 0. The maximum absolute atomic E-state index is 0. The van der Waals surface area contributed by atoms with Crippen LogP contribution in [0.1, 0.15) is 0 Å². The third-order valence-corrected chi connectivity index (χ3v) is 0. The first-order valence-corrected chi connectivity index (χ1v) is 0. The molecule has 0 unspecified atom stereocenters. The van der Waals surface area contributed by atoms with E-state index in [9.17, 15) is 0 Å². The van der Waals surface area contributed by atoms with Crippen molar-refractivity contribution in [1.29, 1.82) is 0 Å². The van der Waals surface area contributed by atoms with Gasteiger partial charge in [-0.2, -0.15) is 0 Å².